The van der Waals surface area contributed by atoms with Crippen molar-refractivity contribution in [3.05, 3.63) is 35.9 Å². The highest BCUT2D eigenvalue weighted by Crippen LogP contribution is 2.29. The van der Waals surface area contributed by atoms with Gasteiger partial charge < -0.3 is 5.32 Å². The molecule has 1 aliphatic rings. The number of hydrogen-bond acceptors (Lipinski definition) is 2. The minimum Gasteiger partial charge on any atom is -0.315 e. The maximum absolute atomic E-state index is 3.50. The van der Waals surface area contributed by atoms with E-state index in [1.54, 1.807) is 0 Å². The molecule has 0 aromatic heterocycles. The summed E-state index contributed by atoms with van der Waals surface area (Å²) in [5.41, 5.74) is 1.43. The van der Waals surface area contributed by atoms with E-state index in [0.29, 0.717) is 6.04 Å². The summed E-state index contributed by atoms with van der Waals surface area (Å²) >= 11 is 0. The zero-order chi connectivity index (χ0) is 12.8. The van der Waals surface area contributed by atoms with Crippen molar-refractivity contribution in [1.29, 1.82) is 0 Å². The summed E-state index contributed by atoms with van der Waals surface area (Å²) in [4.78, 5) is 2.53. The van der Waals surface area contributed by atoms with Crippen LogP contribution in [0.1, 0.15) is 37.8 Å². The lowest BCUT2D eigenvalue weighted by molar-refractivity contribution is 0.160. The van der Waals surface area contributed by atoms with Crippen LogP contribution in [0.25, 0.3) is 0 Å². The quantitative estimate of drug-likeness (QED) is 0.795. The maximum Gasteiger partial charge on any atom is 0.0469 e. The van der Waals surface area contributed by atoms with Gasteiger partial charge in [0, 0.05) is 19.1 Å². The Balaban J connectivity index is 1.98. The first-order valence-corrected chi connectivity index (χ1v) is 7.27. The zero-order valence-corrected chi connectivity index (χ0v) is 11.7. The third-order valence-corrected chi connectivity index (χ3v) is 4.08. The van der Waals surface area contributed by atoms with Crippen molar-refractivity contribution in [2.75, 3.05) is 26.7 Å². The molecule has 0 radical (unpaired) electrons. The summed E-state index contributed by atoms with van der Waals surface area (Å²) in [6.45, 7) is 5.50. The van der Waals surface area contributed by atoms with E-state index in [-0.39, 0.29) is 0 Å². The highest BCUT2D eigenvalue weighted by Gasteiger charge is 2.23. The fourth-order valence-corrected chi connectivity index (χ4v) is 2.69. The van der Waals surface area contributed by atoms with Gasteiger partial charge in [-0.15, -0.1) is 0 Å². The standard InChI is InChI=1S/C16H26N2/c1-3-17-12-16(15-10-5-4-6-11-15)18(2)13-14-8-7-9-14/h4-6,10-11,14,16-17H,3,7-9,12-13H2,1-2H3. The first kappa shape index (κ1) is 13.6. The van der Waals surface area contributed by atoms with E-state index in [1.165, 1.54) is 31.4 Å². The Hall–Kier alpha value is -0.860. The average Bonchev–Trinajstić information content (AvgIpc) is 2.36. The molecule has 0 bridgehead atoms. The van der Waals surface area contributed by atoms with Crippen LogP contribution in [-0.2, 0) is 0 Å². The van der Waals surface area contributed by atoms with E-state index in [2.05, 4.69) is 54.5 Å². The molecule has 0 spiro atoms. The van der Waals surface area contributed by atoms with Gasteiger partial charge in [0.2, 0.25) is 0 Å². The van der Waals surface area contributed by atoms with Gasteiger partial charge in [-0.25, -0.2) is 0 Å². The molecule has 1 N–H and O–H groups in total. The zero-order valence-electron chi connectivity index (χ0n) is 11.7. The van der Waals surface area contributed by atoms with E-state index in [4.69, 9.17) is 0 Å². The van der Waals surface area contributed by atoms with Crippen LogP contribution in [0.4, 0.5) is 0 Å². The number of benzene rings is 1. The van der Waals surface area contributed by atoms with E-state index >= 15 is 0 Å². The summed E-state index contributed by atoms with van der Waals surface area (Å²) in [5, 5.41) is 3.50. The summed E-state index contributed by atoms with van der Waals surface area (Å²) in [5.74, 6) is 0.933. The Morgan fingerprint density at radius 3 is 2.56 bits per heavy atom. The van der Waals surface area contributed by atoms with Gasteiger partial charge >= 0.3 is 0 Å². The SMILES string of the molecule is CCNCC(c1ccccc1)N(C)CC1CCC1. The van der Waals surface area contributed by atoms with Gasteiger partial charge in [0.25, 0.3) is 0 Å². The Bertz CT molecular complexity index is 332. The monoisotopic (exact) mass is 246 g/mol. The fourth-order valence-electron chi connectivity index (χ4n) is 2.69. The van der Waals surface area contributed by atoms with Crippen molar-refractivity contribution in [1.82, 2.24) is 10.2 Å². The predicted octanol–water partition coefficient (Wildman–Crippen LogP) is 3.07. The first-order chi connectivity index (χ1) is 8.81. The predicted molar refractivity (Wildman–Crippen MR) is 77.7 cm³/mol. The highest BCUT2D eigenvalue weighted by molar-refractivity contribution is 5.19. The minimum atomic E-state index is 0.506. The molecule has 2 heteroatoms. The molecule has 18 heavy (non-hydrogen) atoms. The van der Waals surface area contributed by atoms with E-state index in [9.17, 15) is 0 Å². The van der Waals surface area contributed by atoms with Crippen molar-refractivity contribution in [2.24, 2.45) is 5.92 Å². The molecule has 0 saturated heterocycles. The topological polar surface area (TPSA) is 15.3 Å². The van der Waals surface area contributed by atoms with Crippen LogP contribution in [0.3, 0.4) is 0 Å². The molecule has 2 nitrogen and oxygen atoms in total. The smallest absolute Gasteiger partial charge is 0.0469 e. The second-order valence-corrected chi connectivity index (χ2v) is 5.47. The second-order valence-electron chi connectivity index (χ2n) is 5.47. The van der Waals surface area contributed by atoms with Gasteiger partial charge in [0.1, 0.15) is 0 Å². The number of nitrogens with zero attached hydrogens (tertiary/aromatic N) is 1. The molecule has 1 aromatic carbocycles. The van der Waals surface area contributed by atoms with Crippen LogP contribution in [-0.4, -0.2) is 31.6 Å². The maximum atomic E-state index is 3.50. The van der Waals surface area contributed by atoms with Crippen LogP contribution >= 0.6 is 0 Å². The third-order valence-electron chi connectivity index (χ3n) is 4.08. The Morgan fingerprint density at radius 1 is 1.28 bits per heavy atom. The molecule has 1 fully saturated rings. The molecule has 2 rings (SSSR count). The van der Waals surface area contributed by atoms with Crippen molar-refractivity contribution in [3.63, 3.8) is 0 Å². The molecule has 1 atom stereocenters. The Labute approximate surface area is 111 Å². The molecule has 0 heterocycles. The summed E-state index contributed by atoms with van der Waals surface area (Å²) in [7, 11) is 2.27. The van der Waals surface area contributed by atoms with Crippen molar-refractivity contribution in [2.45, 2.75) is 32.2 Å². The first-order valence-electron chi connectivity index (χ1n) is 7.27. The van der Waals surface area contributed by atoms with Gasteiger partial charge in [0.05, 0.1) is 0 Å². The molecule has 0 aliphatic heterocycles. The molecule has 100 valence electrons. The fraction of sp³-hybridized carbons (Fsp3) is 0.625. The van der Waals surface area contributed by atoms with Crippen LogP contribution in [0, 0.1) is 5.92 Å². The van der Waals surface area contributed by atoms with Gasteiger partial charge in [-0.05, 0) is 37.9 Å². The molecular formula is C16H26N2. The third kappa shape index (κ3) is 3.56. The van der Waals surface area contributed by atoms with E-state index < -0.39 is 0 Å². The molecule has 1 unspecified atom stereocenters. The number of hydrogen-bond donors (Lipinski definition) is 1. The molecular weight excluding hydrogens is 220 g/mol. The molecule has 0 amide bonds. The summed E-state index contributed by atoms with van der Waals surface area (Å²) in [6.07, 6.45) is 4.28. The molecule has 1 aromatic rings. The number of likely N-dealkylation sites (N-methyl/N-ethyl adjacent to an activating group) is 2. The Morgan fingerprint density at radius 2 is 2.00 bits per heavy atom. The van der Waals surface area contributed by atoms with Crippen LogP contribution < -0.4 is 5.32 Å². The van der Waals surface area contributed by atoms with Crippen LogP contribution in [0.5, 0.6) is 0 Å². The van der Waals surface area contributed by atoms with Gasteiger partial charge in [-0.2, -0.15) is 0 Å². The number of nitrogens with one attached hydrogen (secondary N) is 1. The van der Waals surface area contributed by atoms with Crippen molar-refractivity contribution < 1.29 is 0 Å². The van der Waals surface area contributed by atoms with Gasteiger partial charge in [0.15, 0.2) is 0 Å². The highest BCUT2D eigenvalue weighted by atomic mass is 15.1. The average molecular weight is 246 g/mol. The largest absolute Gasteiger partial charge is 0.315 e. The van der Waals surface area contributed by atoms with Gasteiger partial charge in [-0.3, -0.25) is 4.90 Å². The van der Waals surface area contributed by atoms with Crippen LogP contribution in [0.15, 0.2) is 30.3 Å². The van der Waals surface area contributed by atoms with E-state index in [1.807, 2.05) is 0 Å². The summed E-state index contributed by atoms with van der Waals surface area (Å²) in [6, 6.07) is 11.4. The van der Waals surface area contributed by atoms with Gasteiger partial charge in [-0.1, -0.05) is 43.7 Å². The van der Waals surface area contributed by atoms with E-state index in [0.717, 1.165) is 19.0 Å². The van der Waals surface area contributed by atoms with Crippen molar-refractivity contribution >= 4 is 0 Å². The lowest BCUT2D eigenvalue weighted by atomic mass is 9.84. The lowest BCUT2D eigenvalue weighted by Crippen LogP contribution is -2.37. The minimum absolute atomic E-state index is 0.506. The second kappa shape index (κ2) is 6.91. The normalized spacial score (nSPS) is 17.7. The molecule has 1 aliphatic carbocycles. The molecule has 1 saturated carbocycles. The Kier molecular flexibility index (Phi) is 5.21. The summed E-state index contributed by atoms with van der Waals surface area (Å²) < 4.78 is 0. The number of rotatable bonds is 7. The van der Waals surface area contributed by atoms with Crippen LogP contribution in [0.2, 0.25) is 0 Å². The van der Waals surface area contributed by atoms with Crippen molar-refractivity contribution in [3.8, 4) is 0 Å². The lowest BCUT2D eigenvalue weighted by Gasteiger charge is -2.35.